The van der Waals surface area contributed by atoms with E-state index in [1.165, 1.54) is 17.2 Å². The minimum atomic E-state index is -0.227. The van der Waals surface area contributed by atoms with Gasteiger partial charge in [-0.15, -0.1) is 0 Å². The molecule has 34 heavy (non-hydrogen) atoms. The Balaban J connectivity index is 1.77. The fourth-order valence-electron chi connectivity index (χ4n) is 4.71. The van der Waals surface area contributed by atoms with E-state index >= 15 is 0 Å². The first kappa shape index (κ1) is 24.9. The van der Waals surface area contributed by atoms with Gasteiger partial charge in [0.25, 0.3) is 0 Å². The van der Waals surface area contributed by atoms with E-state index in [0.717, 1.165) is 75.9 Å². The molecule has 1 saturated heterocycles. The van der Waals surface area contributed by atoms with E-state index in [9.17, 15) is 4.39 Å². The Morgan fingerprint density at radius 3 is 2.50 bits per heavy atom. The molecule has 184 valence electrons. The van der Waals surface area contributed by atoms with Crippen LogP contribution in [0.25, 0.3) is 5.69 Å². The van der Waals surface area contributed by atoms with Crippen molar-refractivity contribution in [1.29, 1.82) is 0 Å². The monoisotopic (exact) mass is 483 g/mol. The summed E-state index contributed by atoms with van der Waals surface area (Å²) in [6, 6.07) is 9.46. The summed E-state index contributed by atoms with van der Waals surface area (Å²) in [7, 11) is 0. The summed E-state index contributed by atoms with van der Waals surface area (Å²) in [4.78, 5) is 7.49. The number of nitrogens with zero attached hydrogens (tertiary/aromatic N) is 5. The van der Waals surface area contributed by atoms with Crippen LogP contribution in [0.1, 0.15) is 50.9 Å². The Labute approximate surface area is 207 Å². The number of piperazine rings is 1. The first-order chi connectivity index (χ1) is 16.5. The van der Waals surface area contributed by atoms with Gasteiger partial charge in [-0.05, 0) is 67.4 Å². The number of hydrogen-bond donors (Lipinski definition) is 0. The van der Waals surface area contributed by atoms with Crippen molar-refractivity contribution in [3.8, 4) is 5.69 Å². The molecule has 3 aromatic rings. The van der Waals surface area contributed by atoms with Gasteiger partial charge >= 0.3 is 0 Å². The molecule has 5 nitrogen and oxygen atoms in total. The van der Waals surface area contributed by atoms with E-state index in [4.69, 9.17) is 5.10 Å². The van der Waals surface area contributed by atoms with Crippen molar-refractivity contribution in [2.75, 3.05) is 37.6 Å². The molecule has 1 aliphatic rings. The summed E-state index contributed by atoms with van der Waals surface area (Å²) in [5, 5.41) is 9.49. The molecule has 1 aliphatic heterocycles. The second-order valence-corrected chi connectivity index (χ2v) is 10.2. The number of aromatic nitrogens is 2. The van der Waals surface area contributed by atoms with E-state index in [1.54, 1.807) is 23.5 Å². The minimum absolute atomic E-state index is 0.227. The Bertz CT molecular complexity index is 1040. The van der Waals surface area contributed by atoms with Gasteiger partial charge in [-0.25, -0.2) is 9.07 Å². The number of hydrogen-bond acceptors (Lipinski definition) is 5. The normalized spacial score (nSPS) is 15.1. The van der Waals surface area contributed by atoms with Gasteiger partial charge in [-0.3, -0.25) is 4.90 Å². The second kappa shape index (κ2) is 11.5. The maximum atomic E-state index is 14.2. The standard InChI is InChI=1S/C27H38FN5S/c1-5-8-26-25(19-32(21(3)4)18-22-11-16-34-20-22)27(31-14-12-30(6-2)13-15-31)33(29-26)24-10-7-9-23(28)17-24/h7,9-11,16-17,20-21H,5-6,8,12-15,18-19H2,1-4H3. The molecular formula is C27H38FN5S. The van der Waals surface area contributed by atoms with Crippen molar-refractivity contribution in [2.45, 2.75) is 59.7 Å². The Kier molecular flexibility index (Phi) is 8.40. The van der Waals surface area contributed by atoms with Gasteiger partial charge in [0.2, 0.25) is 0 Å². The van der Waals surface area contributed by atoms with Crippen molar-refractivity contribution in [3.05, 3.63) is 63.7 Å². The smallest absolute Gasteiger partial charge is 0.137 e. The van der Waals surface area contributed by atoms with Gasteiger partial charge in [0.15, 0.2) is 0 Å². The van der Waals surface area contributed by atoms with Crippen LogP contribution in [0.15, 0.2) is 41.1 Å². The number of anilines is 1. The Morgan fingerprint density at radius 1 is 1.09 bits per heavy atom. The van der Waals surface area contributed by atoms with Gasteiger partial charge < -0.3 is 9.80 Å². The molecule has 0 bridgehead atoms. The van der Waals surface area contributed by atoms with Crippen LogP contribution in [0.5, 0.6) is 0 Å². The molecule has 0 aliphatic carbocycles. The SMILES string of the molecule is CCCc1nn(-c2cccc(F)c2)c(N2CCN(CC)CC2)c1CN(Cc1ccsc1)C(C)C. The van der Waals surface area contributed by atoms with Gasteiger partial charge in [-0.2, -0.15) is 16.4 Å². The van der Waals surface area contributed by atoms with Gasteiger partial charge in [0.1, 0.15) is 11.6 Å². The number of thiophene rings is 1. The van der Waals surface area contributed by atoms with Crippen LogP contribution in [0.2, 0.25) is 0 Å². The third-order valence-corrected chi connectivity index (χ3v) is 7.49. The molecule has 0 atom stereocenters. The lowest BCUT2D eigenvalue weighted by Crippen LogP contribution is -2.47. The van der Waals surface area contributed by atoms with Gasteiger partial charge in [0, 0.05) is 50.9 Å². The van der Waals surface area contributed by atoms with Crippen LogP contribution in [0.4, 0.5) is 10.2 Å². The van der Waals surface area contributed by atoms with Gasteiger partial charge in [0.05, 0.1) is 11.4 Å². The highest BCUT2D eigenvalue weighted by Crippen LogP contribution is 2.32. The van der Waals surface area contributed by atoms with E-state index in [-0.39, 0.29) is 5.82 Å². The summed E-state index contributed by atoms with van der Waals surface area (Å²) < 4.78 is 16.2. The molecule has 0 unspecified atom stereocenters. The number of benzene rings is 1. The molecule has 0 amide bonds. The molecule has 0 saturated carbocycles. The second-order valence-electron chi connectivity index (χ2n) is 9.44. The largest absolute Gasteiger partial charge is 0.354 e. The maximum Gasteiger partial charge on any atom is 0.137 e. The number of halogens is 1. The topological polar surface area (TPSA) is 27.5 Å². The lowest BCUT2D eigenvalue weighted by Gasteiger charge is -2.36. The molecule has 2 aromatic heterocycles. The number of aryl methyl sites for hydroxylation is 1. The number of likely N-dealkylation sites (N-methyl/N-ethyl adjacent to an activating group) is 1. The van der Waals surface area contributed by atoms with Crippen LogP contribution in [0.3, 0.4) is 0 Å². The van der Waals surface area contributed by atoms with E-state index in [1.807, 2.05) is 10.7 Å². The molecule has 0 spiro atoms. The Morgan fingerprint density at radius 2 is 1.88 bits per heavy atom. The van der Waals surface area contributed by atoms with Crippen LogP contribution >= 0.6 is 11.3 Å². The molecule has 1 aromatic carbocycles. The van der Waals surface area contributed by atoms with E-state index < -0.39 is 0 Å². The lowest BCUT2D eigenvalue weighted by molar-refractivity contribution is 0.203. The van der Waals surface area contributed by atoms with E-state index in [0.29, 0.717) is 6.04 Å². The average Bonchev–Trinajstić information content (AvgIpc) is 3.47. The third-order valence-electron chi connectivity index (χ3n) is 6.76. The van der Waals surface area contributed by atoms with E-state index in [2.05, 4.69) is 59.2 Å². The molecule has 7 heteroatoms. The lowest BCUT2D eigenvalue weighted by atomic mass is 10.1. The summed E-state index contributed by atoms with van der Waals surface area (Å²) in [6.07, 6.45) is 1.95. The first-order valence-electron chi connectivity index (χ1n) is 12.6. The quantitative estimate of drug-likeness (QED) is 0.376. The zero-order chi connectivity index (χ0) is 24.1. The summed E-state index contributed by atoms with van der Waals surface area (Å²) >= 11 is 1.75. The number of rotatable bonds is 10. The van der Waals surface area contributed by atoms with Crippen molar-refractivity contribution < 1.29 is 4.39 Å². The molecule has 1 fully saturated rings. The predicted molar refractivity (Wildman–Crippen MR) is 141 cm³/mol. The van der Waals surface area contributed by atoms with Crippen molar-refractivity contribution in [1.82, 2.24) is 19.6 Å². The van der Waals surface area contributed by atoms with Crippen molar-refractivity contribution in [3.63, 3.8) is 0 Å². The molecule has 3 heterocycles. The van der Waals surface area contributed by atoms with Crippen molar-refractivity contribution >= 4 is 17.2 Å². The summed E-state index contributed by atoms with van der Waals surface area (Å²) in [5.74, 6) is 0.912. The maximum absolute atomic E-state index is 14.2. The van der Waals surface area contributed by atoms with Crippen LogP contribution in [-0.2, 0) is 19.5 Å². The average molecular weight is 484 g/mol. The highest BCUT2D eigenvalue weighted by molar-refractivity contribution is 7.07. The summed E-state index contributed by atoms with van der Waals surface area (Å²) in [6.45, 7) is 15.8. The van der Waals surface area contributed by atoms with Crippen LogP contribution in [-0.4, -0.2) is 58.3 Å². The molecule has 4 rings (SSSR count). The predicted octanol–water partition coefficient (Wildman–Crippen LogP) is 5.58. The third kappa shape index (κ3) is 5.70. The zero-order valence-electron chi connectivity index (χ0n) is 21.0. The fourth-order valence-corrected chi connectivity index (χ4v) is 5.37. The zero-order valence-corrected chi connectivity index (χ0v) is 21.8. The molecule has 0 radical (unpaired) electrons. The van der Waals surface area contributed by atoms with Crippen LogP contribution < -0.4 is 4.90 Å². The summed E-state index contributed by atoms with van der Waals surface area (Å²) in [5.41, 5.74) is 4.58. The Hall–Kier alpha value is -2.22. The highest BCUT2D eigenvalue weighted by atomic mass is 32.1. The first-order valence-corrected chi connectivity index (χ1v) is 13.5. The minimum Gasteiger partial charge on any atom is -0.354 e. The highest BCUT2D eigenvalue weighted by Gasteiger charge is 2.28. The van der Waals surface area contributed by atoms with Crippen LogP contribution in [0, 0.1) is 5.82 Å². The molecular weight excluding hydrogens is 445 g/mol. The molecule has 0 N–H and O–H groups in total. The van der Waals surface area contributed by atoms with Crippen molar-refractivity contribution in [2.24, 2.45) is 0 Å². The van der Waals surface area contributed by atoms with Gasteiger partial charge in [-0.1, -0.05) is 26.3 Å². The fraction of sp³-hybridized carbons (Fsp3) is 0.519.